The lowest BCUT2D eigenvalue weighted by atomic mass is 10.3. The molecule has 0 unspecified atom stereocenters. The number of hydrogen-bond donors (Lipinski definition) is 1. The van der Waals surface area contributed by atoms with Gasteiger partial charge in [0.05, 0.1) is 18.6 Å². The summed E-state index contributed by atoms with van der Waals surface area (Å²) in [4.78, 5) is 12.3. The van der Waals surface area contributed by atoms with E-state index in [0.29, 0.717) is 11.2 Å². The number of halogens is 1. The molecule has 0 spiro atoms. The lowest BCUT2D eigenvalue weighted by Crippen LogP contribution is -2.16. The molecule has 6 nitrogen and oxygen atoms in total. The molecule has 0 saturated heterocycles. The number of aliphatic hydroxyl groups excluding tert-OH is 1. The van der Waals surface area contributed by atoms with E-state index in [4.69, 9.17) is 9.84 Å². The first-order chi connectivity index (χ1) is 8.70. The first-order valence-corrected chi connectivity index (χ1v) is 5.48. The van der Waals surface area contributed by atoms with Crippen LogP contribution in [0.2, 0.25) is 0 Å². The quantitative estimate of drug-likeness (QED) is 0.856. The number of hydrogen-bond acceptors (Lipinski definition) is 5. The molecule has 0 radical (unpaired) electrons. The van der Waals surface area contributed by atoms with E-state index in [2.05, 4.69) is 15.0 Å². The second-order valence-electron chi connectivity index (χ2n) is 4.04. The maximum absolute atomic E-state index is 13.7. The number of rotatable bonds is 2. The highest BCUT2D eigenvalue weighted by molar-refractivity contribution is 5.72. The van der Waals surface area contributed by atoms with Crippen LogP contribution in [0, 0.1) is 6.92 Å². The Labute approximate surface area is 102 Å². The van der Waals surface area contributed by atoms with Gasteiger partial charge in [0, 0.05) is 0 Å². The minimum Gasteiger partial charge on any atom is -0.393 e. The van der Waals surface area contributed by atoms with Gasteiger partial charge in [0.2, 0.25) is 0 Å². The molecule has 94 valence electrons. The van der Waals surface area contributed by atoms with Gasteiger partial charge in [-0.3, -0.25) is 4.57 Å². The van der Waals surface area contributed by atoms with Crippen molar-refractivity contribution in [2.75, 3.05) is 6.61 Å². The fraction of sp³-hybridized carbons (Fsp3) is 0.364. The SMILES string of the molecule is Cc1ncnc2c1ncn2[C@@H]1O[C@@H](CO)C=C1F. The van der Waals surface area contributed by atoms with Gasteiger partial charge in [-0.2, -0.15) is 0 Å². The van der Waals surface area contributed by atoms with Crippen LogP contribution < -0.4 is 0 Å². The molecule has 18 heavy (non-hydrogen) atoms. The molecule has 7 heteroatoms. The summed E-state index contributed by atoms with van der Waals surface area (Å²) < 4.78 is 20.6. The standard InChI is InChI=1S/C11H11FN4O2/c1-6-9-10(14-4-13-6)16(5-15-9)11-8(12)2-7(3-17)18-11/h2,4-5,7,11,17H,3H2,1H3/t7-,11-/m1/s1. The van der Waals surface area contributed by atoms with Crippen LogP contribution >= 0.6 is 0 Å². The van der Waals surface area contributed by atoms with Gasteiger partial charge in [-0.05, 0) is 13.0 Å². The summed E-state index contributed by atoms with van der Waals surface area (Å²) in [6, 6.07) is 0. The number of nitrogens with zero attached hydrogens (tertiary/aromatic N) is 4. The molecule has 2 atom stereocenters. The van der Waals surface area contributed by atoms with E-state index in [1.807, 2.05) is 0 Å². The Morgan fingerprint density at radius 1 is 1.44 bits per heavy atom. The molecule has 0 amide bonds. The van der Waals surface area contributed by atoms with Gasteiger partial charge in [0.15, 0.2) is 11.9 Å². The Morgan fingerprint density at radius 3 is 3.00 bits per heavy atom. The summed E-state index contributed by atoms with van der Waals surface area (Å²) >= 11 is 0. The predicted molar refractivity (Wildman–Crippen MR) is 60.2 cm³/mol. The van der Waals surface area contributed by atoms with Crippen molar-refractivity contribution in [3.63, 3.8) is 0 Å². The number of aliphatic hydroxyl groups is 1. The molecule has 0 bridgehead atoms. The van der Waals surface area contributed by atoms with E-state index in [1.165, 1.54) is 23.3 Å². The summed E-state index contributed by atoms with van der Waals surface area (Å²) in [7, 11) is 0. The first-order valence-electron chi connectivity index (χ1n) is 5.48. The van der Waals surface area contributed by atoms with Crippen molar-refractivity contribution in [1.82, 2.24) is 19.5 Å². The second kappa shape index (κ2) is 4.11. The van der Waals surface area contributed by atoms with Gasteiger partial charge in [0.25, 0.3) is 0 Å². The van der Waals surface area contributed by atoms with Crippen LogP contribution in [0.4, 0.5) is 4.39 Å². The minimum atomic E-state index is -0.915. The average Bonchev–Trinajstić information content (AvgIpc) is 2.93. The lowest BCUT2D eigenvalue weighted by molar-refractivity contribution is -0.0174. The molecule has 0 aliphatic carbocycles. The van der Waals surface area contributed by atoms with Crippen LogP contribution in [0.25, 0.3) is 11.2 Å². The molecule has 0 saturated carbocycles. The van der Waals surface area contributed by atoms with Crippen LogP contribution in [0.15, 0.2) is 24.6 Å². The van der Waals surface area contributed by atoms with Crippen molar-refractivity contribution in [2.45, 2.75) is 19.3 Å². The van der Waals surface area contributed by atoms with Gasteiger partial charge < -0.3 is 9.84 Å². The van der Waals surface area contributed by atoms with Crippen LogP contribution in [0.1, 0.15) is 11.9 Å². The van der Waals surface area contributed by atoms with Gasteiger partial charge >= 0.3 is 0 Å². The predicted octanol–water partition coefficient (Wildman–Crippen LogP) is 0.878. The summed E-state index contributed by atoms with van der Waals surface area (Å²) in [6.45, 7) is 1.55. The van der Waals surface area contributed by atoms with Crippen molar-refractivity contribution in [1.29, 1.82) is 0 Å². The summed E-state index contributed by atoms with van der Waals surface area (Å²) in [6.07, 6.45) is 2.57. The topological polar surface area (TPSA) is 73.1 Å². The maximum Gasteiger partial charge on any atom is 0.189 e. The molecule has 0 aromatic carbocycles. The van der Waals surface area contributed by atoms with Crippen LogP contribution in [-0.2, 0) is 4.74 Å². The summed E-state index contributed by atoms with van der Waals surface area (Å²) in [5.41, 5.74) is 1.84. The molecule has 0 fully saturated rings. The molecule has 1 N–H and O–H groups in total. The lowest BCUT2D eigenvalue weighted by Gasteiger charge is -2.14. The molecule has 2 aromatic heterocycles. The fourth-order valence-corrected chi connectivity index (χ4v) is 1.96. The van der Waals surface area contributed by atoms with Crippen LogP contribution in [0.3, 0.4) is 0 Å². The third-order valence-electron chi connectivity index (χ3n) is 2.86. The van der Waals surface area contributed by atoms with E-state index in [1.54, 1.807) is 6.92 Å². The molecule has 2 aromatic rings. The highest BCUT2D eigenvalue weighted by Gasteiger charge is 2.30. The highest BCUT2D eigenvalue weighted by Crippen LogP contribution is 2.31. The molecule has 3 heterocycles. The second-order valence-corrected chi connectivity index (χ2v) is 4.04. The van der Waals surface area contributed by atoms with E-state index in [-0.39, 0.29) is 6.61 Å². The van der Waals surface area contributed by atoms with E-state index < -0.39 is 18.2 Å². The van der Waals surface area contributed by atoms with E-state index in [9.17, 15) is 4.39 Å². The number of ether oxygens (including phenoxy) is 1. The van der Waals surface area contributed by atoms with Crippen LogP contribution in [0.5, 0.6) is 0 Å². The van der Waals surface area contributed by atoms with Gasteiger partial charge in [-0.15, -0.1) is 0 Å². The Balaban J connectivity index is 2.06. The Morgan fingerprint density at radius 2 is 2.28 bits per heavy atom. The maximum atomic E-state index is 13.7. The minimum absolute atomic E-state index is 0.259. The van der Waals surface area contributed by atoms with Gasteiger partial charge in [-0.25, -0.2) is 19.3 Å². The molecule has 1 aliphatic rings. The largest absolute Gasteiger partial charge is 0.393 e. The smallest absolute Gasteiger partial charge is 0.189 e. The Bertz CT molecular complexity index is 625. The zero-order valence-corrected chi connectivity index (χ0v) is 9.62. The Hall–Kier alpha value is -1.86. The molecular formula is C11H11FN4O2. The van der Waals surface area contributed by atoms with Gasteiger partial charge in [-0.1, -0.05) is 0 Å². The third-order valence-corrected chi connectivity index (χ3v) is 2.86. The zero-order chi connectivity index (χ0) is 12.7. The Kier molecular flexibility index (Phi) is 2.57. The van der Waals surface area contributed by atoms with Crippen molar-refractivity contribution < 1.29 is 14.2 Å². The average molecular weight is 250 g/mol. The van der Waals surface area contributed by atoms with E-state index >= 15 is 0 Å². The van der Waals surface area contributed by atoms with Gasteiger partial charge in [0.1, 0.15) is 23.8 Å². The molecule has 1 aliphatic heterocycles. The summed E-state index contributed by atoms with van der Waals surface area (Å²) in [5.74, 6) is -0.454. The third kappa shape index (κ3) is 1.59. The molecular weight excluding hydrogens is 239 g/mol. The highest BCUT2D eigenvalue weighted by atomic mass is 19.1. The monoisotopic (exact) mass is 250 g/mol. The van der Waals surface area contributed by atoms with Crippen molar-refractivity contribution in [2.24, 2.45) is 0 Å². The van der Waals surface area contributed by atoms with Crippen molar-refractivity contribution >= 4 is 11.2 Å². The van der Waals surface area contributed by atoms with Crippen molar-refractivity contribution in [3.8, 4) is 0 Å². The number of aromatic nitrogens is 4. The number of fused-ring (bicyclic) bond motifs is 1. The molecule has 3 rings (SSSR count). The first kappa shape index (κ1) is 11.2. The number of aryl methyl sites for hydroxylation is 1. The zero-order valence-electron chi connectivity index (χ0n) is 9.62. The normalized spacial score (nSPS) is 23.6. The fourth-order valence-electron chi connectivity index (χ4n) is 1.96. The van der Waals surface area contributed by atoms with Crippen molar-refractivity contribution in [3.05, 3.63) is 30.3 Å². The van der Waals surface area contributed by atoms with E-state index in [0.717, 1.165) is 5.69 Å². The van der Waals surface area contributed by atoms with Crippen LogP contribution in [-0.4, -0.2) is 37.3 Å². The number of imidazole rings is 1. The summed E-state index contributed by atoms with van der Waals surface area (Å²) in [5, 5.41) is 8.97.